The Morgan fingerprint density at radius 2 is 2.38 bits per heavy atom. The van der Waals surface area contributed by atoms with Gasteiger partial charge in [0.2, 0.25) is 0 Å². The van der Waals surface area contributed by atoms with E-state index in [2.05, 4.69) is 15.4 Å². The molecule has 2 atom stereocenters. The molecule has 7 nitrogen and oxygen atoms in total. The lowest BCUT2D eigenvalue weighted by Crippen LogP contribution is -2.42. The second-order valence-corrected chi connectivity index (χ2v) is 5.67. The Morgan fingerprint density at radius 1 is 1.62 bits per heavy atom. The molecule has 1 aromatic rings. The van der Waals surface area contributed by atoms with Gasteiger partial charge < -0.3 is 15.3 Å². The van der Waals surface area contributed by atoms with Crippen LogP contribution in [0.25, 0.3) is 0 Å². The van der Waals surface area contributed by atoms with E-state index in [4.69, 9.17) is 0 Å². The van der Waals surface area contributed by atoms with Crippen molar-refractivity contribution in [3.05, 3.63) is 11.6 Å². The van der Waals surface area contributed by atoms with Gasteiger partial charge in [-0.05, 0) is 26.2 Å². The third-order valence-corrected chi connectivity index (χ3v) is 3.76. The summed E-state index contributed by atoms with van der Waals surface area (Å²) in [5.74, 6) is 1.68. The van der Waals surface area contributed by atoms with E-state index in [0.29, 0.717) is 13.0 Å². The zero-order valence-corrected chi connectivity index (χ0v) is 13.0. The highest BCUT2D eigenvalue weighted by atomic mass is 16.3. The van der Waals surface area contributed by atoms with Crippen molar-refractivity contribution >= 4 is 6.03 Å². The van der Waals surface area contributed by atoms with E-state index in [1.807, 2.05) is 11.6 Å². The number of nitrogens with one attached hydrogen (secondary N) is 1. The molecular formula is C14H25N5O2. The summed E-state index contributed by atoms with van der Waals surface area (Å²) in [6.07, 6.45) is 2.85. The molecule has 2 heterocycles. The topological polar surface area (TPSA) is 83.3 Å². The number of aryl methyl sites for hydroxylation is 2. The first-order valence-corrected chi connectivity index (χ1v) is 7.64. The third kappa shape index (κ3) is 3.93. The molecule has 1 aliphatic rings. The first-order valence-electron chi connectivity index (χ1n) is 7.64. The number of carbonyl (C=O) groups excluding carboxylic acids is 1. The van der Waals surface area contributed by atoms with Gasteiger partial charge in [0, 0.05) is 26.6 Å². The minimum Gasteiger partial charge on any atom is -0.393 e. The molecule has 0 bridgehead atoms. The minimum absolute atomic E-state index is 0.0759. The van der Waals surface area contributed by atoms with Crippen LogP contribution in [0.4, 0.5) is 4.79 Å². The number of rotatable bonds is 5. The van der Waals surface area contributed by atoms with Gasteiger partial charge >= 0.3 is 6.03 Å². The van der Waals surface area contributed by atoms with E-state index in [-0.39, 0.29) is 12.1 Å². The molecule has 2 amide bonds. The zero-order chi connectivity index (χ0) is 15.4. The van der Waals surface area contributed by atoms with Crippen LogP contribution in [0.2, 0.25) is 0 Å². The van der Waals surface area contributed by atoms with Crippen molar-refractivity contribution < 1.29 is 9.90 Å². The molecule has 1 aliphatic heterocycles. The molecule has 7 heteroatoms. The van der Waals surface area contributed by atoms with E-state index in [0.717, 1.165) is 37.5 Å². The fraction of sp³-hybridized carbons (Fsp3) is 0.786. The van der Waals surface area contributed by atoms with Gasteiger partial charge in [-0.1, -0.05) is 6.92 Å². The second-order valence-electron chi connectivity index (χ2n) is 5.67. The van der Waals surface area contributed by atoms with E-state index in [1.54, 1.807) is 18.9 Å². The van der Waals surface area contributed by atoms with Crippen molar-refractivity contribution in [2.75, 3.05) is 13.6 Å². The number of urea groups is 1. The van der Waals surface area contributed by atoms with E-state index < -0.39 is 6.10 Å². The largest absolute Gasteiger partial charge is 0.393 e. The summed E-state index contributed by atoms with van der Waals surface area (Å²) in [7, 11) is 1.74. The van der Waals surface area contributed by atoms with Crippen molar-refractivity contribution in [3.63, 3.8) is 0 Å². The van der Waals surface area contributed by atoms with Crippen LogP contribution in [-0.2, 0) is 13.0 Å². The van der Waals surface area contributed by atoms with Crippen molar-refractivity contribution in [1.82, 2.24) is 25.0 Å². The fourth-order valence-corrected chi connectivity index (χ4v) is 2.43. The van der Waals surface area contributed by atoms with Crippen LogP contribution >= 0.6 is 0 Å². The average molecular weight is 295 g/mol. The highest BCUT2D eigenvalue weighted by Crippen LogP contribution is 2.23. The molecule has 0 aliphatic carbocycles. The lowest BCUT2D eigenvalue weighted by atomic mass is 10.1. The number of carbonyl (C=O) groups is 1. The van der Waals surface area contributed by atoms with E-state index in [9.17, 15) is 9.90 Å². The van der Waals surface area contributed by atoms with Crippen LogP contribution in [0.3, 0.4) is 0 Å². The number of nitrogens with zero attached hydrogens (tertiary/aromatic N) is 4. The maximum atomic E-state index is 12.2. The van der Waals surface area contributed by atoms with Crippen molar-refractivity contribution in [1.29, 1.82) is 0 Å². The molecule has 1 aromatic heterocycles. The van der Waals surface area contributed by atoms with Crippen LogP contribution in [0, 0.1) is 0 Å². The van der Waals surface area contributed by atoms with Gasteiger partial charge in [0.1, 0.15) is 5.82 Å². The molecule has 0 fully saturated rings. The number of amides is 2. The Bertz CT molecular complexity index is 486. The number of aliphatic hydroxyl groups is 1. The predicted octanol–water partition coefficient (Wildman–Crippen LogP) is 1.09. The van der Waals surface area contributed by atoms with Gasteiger partial charge in [-0.3, -0.25) is 0 Å². The van der Waals surface area contributed by atoms with Gasteiger partial charge in [-0.25, -0.2) is 14.5 Å². The Kier molecular flexibility index (Phi) is 5.17. The second kappa shape index (κ2) is 6.89. The van der Waals surface area contributed by atoms with Crippen molar-refractivity contribution in [3.8, 4) is 0 Å². The summed E-state index contributed by atoms with van der Waals surface area (Å²) in [6.45, 7) is 5.15. The van der Waals surface area contributed by atoms with Crippen molar-refractivity contribution in [2.24, 2.45) is 0 Å². The quantitative estimate of drug-likeness (QED) is 0.851. The number of fused-ring (bicyclic) bond motifs is 1. The monoisotopic (exact) mass is 295 g/mol. The lowest BCUT2D eigenvalue weighted by Gasteiger charge is -2.26. The van der Waals surface area contributed by atoms with Crippen LogP contribution in [0.15, 0.2) is 0 Å². The molecule has 0 aromatic carbocycles. The Morgan fingerprint density at radius 3 is 3.05 bits per heavy atom. The molecule has 0 spiro atoms. The molecule has 0 saturated carbocycles. The normalized spacial score (nSPS) is 19.0. The molecule has 2 rings (SSSR count). The standard InChI is InChI=1S/C14H25N5O2/c1-4-12-16-13-11(6-5-8-19(13)17-12)15-14(21)18(3)9-7-10(2)20/h10-11,20H,4-9H2,1-3H3,(H,15,21). The first kappa shape index (κ1) is 15.8. The number of aliphatic hydroxyl groups excluding tert-OH is 1. The predicted molar refractivity (Wildman–Crippen MR) is 78.8 cm³/mol. The van der Waals surface area contributed by atoms with E-state index >= 15 is 0 Å². The van der Waals surface area contributed by atoms with Crippen molar-refractivity contribution in [2.45, 2.75) is 58.2 Å². The van der Waals surface area contributed by atoms with Gasteiger partial charge in [0.15, 0.2) is 5.82 Å². The van der Waals surface area contributed by atoms with Gasteiger partial charge in [-0.2, -0.15) is 5.10 Å². The lowest BCUT2D eigenvalue weighted by molar-refractivity contribution is 0.161. The summed E-state index contributed by atoms with van der Waals surface area (Å²) in [5, 5.41) is 16.7. The summed E-state index contributed by atoms with van der Waals surface area (Å²) in [6, 6.07) is -0.205. The van der Waals surface area contributed by atoms with E-state index in [1.165, 1.54) is 0 Å². The average Bonchev–Trinajstić information content (AvgIpc) is 2.88. The molecule has 2 unspecified atom stereocenters. The molecule has 0 saturated heterocycles. The summed E-state index contributed by atoms with van der Waals surface area (Å²) in [5.41, 5.74) is 0. The van der Waals surface area contributed by atoms with Gasteiger partial charge in [-0.15, -0.1) is 0 Å². The Labute approximate surface area is 125 Å². The third-order valence-electron chi connectivity index (χ3n) is 3.76. The maximum Gasteiger partial charge on any atom is 0.317 e. The maximum absolute atomic E-state index is 12.2. The summed E-state index contributed by atoms with van der Waals surface area (Å²) >= 11 is 0. The fourth-order valence-electron chi connectivity index (χ4n) is 2.43. The smallest absolute Gasteiger partial charge is 0.317 e. The Hall–Kier alpha value is -1.63. The zero-order valence-electron chi connectivity index (χ0n) is 13.0. The number of hydrogen-bond donors (Lipinski definition) is 2. The highest BCUT2D eigenvalue weighted by Gasteiger charge is 2.26. The van der Waals surface area contributed by atoms with Crippen LogP contribution in [-0.4, -0.2) is 50.5 Å². The number of hydrogen-bond acceptors (Lipinski definition) is 4. The van der Waals surface area contributed by atoms with Gasteiger partial charge in [0.25, 0.3) is 0 Å². The highest BCUT2D eigenvalue weighted by molar-refractivity contribution is 5.74. The van der Waals surface area contributed by atoms with Crippen LogP contribution < -0.4 is 5.32 Å². The molecular weight excluding hydrogens is 270 g/mol. The first-order chi connectivity index (χ1) is 10.0. The minimum atomic E-state index is -0.398. The van der Waals surface area contributed by atoms with Crippen LogP contribution in [0.5, 0.6) is 0 Å². The van der Waals surface area contributed by atoms with Crippen LogP contribution in [0.1, 0.15) is 50.8 Å². The Balaban J connectivity index is 1.97. The molecule has 2 N–H and O–H groups in total. The SMILES string of the molecule is CCc1nc2n(n1)CCCC2NC(=O)N(C)CCC(C)O. The summed E-state index contributed by atoms with van der Waals surface area (Å²) in [4.78, 5) is 18.3. The number of aromatic nitrogens is 3. The molecule has 118 valence electrons. The summed E-state index contributed by atoms with van der Waals surface area (Å²) < 4.78 is 1.91. The molecule has 21 heavy (non-hydrogen) atoms. The molecule has 0 radical (unpaired) electrons. The van der Waals surface area contributed by atoms with Gasteiger partial charge in [0.05, 0.1) is 12.1 Å².